The standard InChI is InChI=1S/C67H102.C23H22.C2H6/c1-15-18-20-22-24-26-28-30-32-34-47-67(48-35-33-31-29-27-25-23-21-19-16-2)63-49-57(41-43-61(63)62-44-42-58(50-64(62)67)66(12,13)14)51(4)38-40-56(36-17-3)60-46-45-59(54(7)55(60)8)52(5)37-39-53(6)65(9,10)11;1-17(21-15-7-11-19-9-3-5-14-23(19)21)16-20-12-6-10-18-8-2-4-13-22(18)20;1-2/h37-46,49-50H,15-36,47-48H2,1-14H3;3-6,9-14H,1-2,7-8,15-16H2;1-2H3/b51-38+,52-37+,53-39+,56-40+;;. The van der Waals surface area contributed by atoms with Crippen LogP contribution in [-0.4, -0.2) is 0 Å². The van der Waals surface area contributed by atoms with E-state index in [0.717, 1.165) is 38.5 Å². The van der Waals surface area contributed by atoms with Gasteiger partial charge in [-0.05, 0) is 214 Å². The molecule has 5 aromatic rings. The molecule has 0 unspecified atom stereocenters. The fourth-order valence-electron chi connectivity index (χ4n) is 14.6. The van der Waals surface area contributed by atoms with Crippen LogP contribution in [0.5, 0.6) is 0 Å². The Morgan fingerprint density at radius 2 is 1.09 bits per heavy atom. The van der Waals surface area contributed by atoms with Crippen LogP contribution in [0.3, 0.4) is 0 Å². The minimum atomic E-state index is 0.0654. The largest absolute Gasteiger partial charge is 0.0952 e. The highest BCUT2D eigenvalue weighted by atomic mass is 14.5. The van der Waals surface area contributed by atoms with Crippen molar-refractivity contribution in [2.45, 2.75) is 308 Å². The summed E-state index contributed by atoms with van der Waals surface area (Å²) in [6.45, 7) is 41.0. The molecule has 0 amide bonds. The van der Waals surface area contributed by atoms with Gasteiger partial charge in [0.1, 0.15) is 0 Å². The minimum Gasteiger partial charge on any atom is -0.0952 e. The zero-order chi connectivity index (χ0) is 66.7. The number of fused-ring (bicyclic) bond motifs is 5. The monoisotopic (exact) mass is 1240 g/mol. The quantitative estimate of drug-likeness (QED) is 0.0297. The molecule has 0 fully saturated rings. The molecular weight excluding hydrogens is 1110 g/mol. The highest BCUT2D eigenvalue weighted by Gasteiger charge is 2.43. The molecule has 0 radical (unpaired) electrons. The molecule has 8 rings (SSSR count). The second kappa shape index (κ2) is 38.0. The topological polar surface area (TPSA) is 0 Å². The van der Waals surface area contributed by atoms with Gasteiger partial charge in [0.25, 0.3) is 0 Å². The molecule has 0 N–H and O–H groups in total. The van der Waals surface area contributed by atoms with Gasteiger partial charge in [0.15, 0.2) is 0 Å². The Labute approximate surface area is 566 Å². The fourth-order valence-corrected chi connectivity index (χ4v) is 14.6. The van der Waals surface area contributed by atoms with Crippen LogP contribution in [0.1, 0.15) is 331 Å². The van der Waals surface area contributed by atoms with Gasteiger partial charge in [0.05, 0.1) is 0 Å². The molecule has 0 spiro atoms. The predicted octanol–water partition coefficient (Wildman–Crippen LogP) is 27.4. The molecule has 0 aromatic heterocycles. The van der Waals surface area contributed by atoms with Crippen LogP contribution in [0.25, 0.3) is 45.6 Å². The lowest BCUT2D eigenvalue weighted by Crippen LogP contribution is -2.29. The summed E-state index contributed by atoms with van der Waals surface area (Å²) in [5.41, 5.74) is 27.6. The molecule has 92 heavy (non-hydrogen) atoms. The average molecular weight is 1240 g/mol. The Morgan fingerprint density at radius 1 is 0.533 bits per heavy atom. The van der Waals surface area contributed by atoms with Crippen molar-refractivity contribution < 1.29 is 0 Å². The maximum Gasteiger partial charge on any atom is 0.0215 e. The van der Waals surface area contributed by atoms with E-state index in [9.17, 15) is 0 Å². The fraction of sp³-hybridized carbons (Fsp3) is 0.522. The molecule has 3 aliphatic rings. The lowest BCUT2D eigenvalue weighted by molar-refractivity contribution is 0.396. The average Bonchev–Trinajstić information content (AvgIpc) is 1.56. The van der Waals surface area contributed by atoms with Gasteiger partial charge in [-0.25, -0.2) is 0 Å². The first-order valence-electron chi connectivity index (χ1n) is 37.7. The van der Waals surface area contributed by atoms with E-state index in [1.54, 1.807) is 11.1 Å². The second-order valence-electron chi connectivity index (χ2n) is 29.9. The van der Waals surface area contributed by atoms with Gasteiger partial charge >= 0.3 is 0 Å². The lowest BCUT2D eigenvalue weighted by atomic mass is 9.69. The Balaban J connectivity index is 0.000000442. The van der Waals surface area contributed by atoms with Gasteiger partial charge in [-0.15, -0.1) is 0 Å². The smallest absolute Gasteiger partial charge is 0.0215 e. The second-order valence-corrected chi connectivity index (χ2v) is 29.9. The highest BCUT2D eigenvalue weighted by molar-refractivity contribution is 5.85. The van der Waals surface area contributed by atoms with Crippen molar-refractivity contribution in [2.75, 3.05) is 0 Å². The maximum absolute atomic E-state index is 4.45. The van der Waals surface area contributed by atoms with Gasteiger partial charge < -0.3 is 0 Å². The molecule has 0 heteroatoms. The zero-order valence-corrected chi connectivity index (χ0v) is 61.9. The Bertz CT molecular complexity index is 3400. The van der Waals surface area contributed by atoms with E-state index in [-0.39, 0.29) is 16.2 Å². The van der Waals surface area contributed by atoms with Crippen LogP contribution in [0.4, 0.5) is 0 Å². The van der Waals surface area contributed by atoms with Crippen molar-refractivity contribution in [3.63, 3.8) is 0 Å². The summed E-state index contributed by atoms with van der Waals surface area (Å²) in [4.78, 5) is 0. The number of hydrogen-bond donors (Lipinski definition) is 0. The van der Waals surface area contributed by atoms with Crippen molar-refractivity contribution in [1.82, 2.24) is 0 Å². The first-order chi connectivity index (χ1) is 44.3. The first-order valence-corrected chi connectivity index (χ1v) is 37.7. The third-order valence-electron chi connectivity index (χ3n) is 21.0. The van der Waals surface area contributed by atoms with Gasteiger partial charge in [0.2, 0.25) is 0 Å². The molecule has 5 aromatic carbocycles. The summed E-state index contributed by atoms with van der Waals surface area (Å²) in [5, 5.41) is 2.74. The van der Waals surface area contributed by atoms with Crippen molar-refractivity contribution in [3.8, 4) is 11.1 Å². The molecule has 0 aliphatic heterocycles. The maximum atomic E-state index is 4.45. The number of aryl methyl sites for hydroxylation is 1. The van der Waals surface area contributed by atoms with E-state index in [1.807, 2.05) is 13.8 Å². The summed E-state index contributed by atoms with van der Waals surface area (Å²) in [5.74, 6) is 0. The van der Waals surface area contributed by atoms with Crippen LogP contribution in [-0.2, 0) is 23.7 Å². The Kier molecular flexibility index (Phi) is 31.1. The van der Waals surface area contributed by atoms with E-state index < -0.39 is 0 Å². The third-order valence-corrected chi connectivity index (χ3v) is 21.0. The van der Waals surface area contributed by atoms with Crippen LogP contribution < -0.4 is 10.4 Å². The summed E-state index contributed by atoms with van der Waals surface area (Å²) < 4.78 is 0. The van der Waals surface area contributed by atoms with Gasteiger partial charge in [-0.2, -0.15) is 0 Å². The number of hydrogen-bond acceptors (Lipinski definition) is 0. The zero-order valence-electron chi connectivity index (χ0n) is 61.9. The third kappa shape index (κ3) is 21.1. The molecule has 0 nitrogen and oxygen atoms in total. The van der Waals surface area contributed by atoms with Crippen LogP contribution in [0.15, 0.2) is 139 Å². The van der Waals surface area contributed by atoms with Gasteiger partial charge in [0, 0.05) is 5.41 Å². The number of unbranched alkanes of at least 4 members (excludes halogenated alkanes) is 18. The molecule has 0 atom stereocenters. The summed E-state index contributed by atoms with van der Waals surface area (Å²) in [7, 11) is 0. The van der Waals surface area contributed by atoms with Crippen LogP contribution >= 0.6 is 0 Å². The summed E-state index contributed by atoms with van der Waals surface area (Å²) in [6.07, 6.45) is 54.4. The van der Waals surface area contributed by atoms with Crippen LogP contribution in [0.2, 0.25) is 0 Å². The Hall–Kier alpha value is -5.72. The van der Waals surface area contributed by atoms with E-state index in [4.69, 9.17) is 0 Å². The molecule has 0 bridgehead atoms. The van der Waals surface area contributed by atoms with E-state index in [2.05, 4.69) is 237 Å². The van der Waals surface area contributed by atoms with Gasteiger partial charge in [-0.1, -0.05) is 351 Å². The first kappa shape index (κ1) is 75.3. The highest BCUT2D eigenvalue weighted by Crippen LogP contribution is 2.55. The van der Waals surface area contributed by atoms with Crippen molar-refractivity contribution in [2.24, 2.45) is 5.41 Å². The SMILES string of the molecule is C=C(Cc1cccc2c1C=CCC2)C1=c2ccccc2=CCC1.CC.CCCCCCCCCCCCC1(CCCCCCCCCCCC)c2cc(/C(C)=C/C=C(\CCC)c3ccc(/C(C)=C/C=C(\C)C(C)(C)C)c(C)c3C)ccc2-c2ccc(C(C)(C)C)cc21. The lowest BCUT2D eigenvalue weighted by Gasteiger charge is -2.34. The minimum absolute atomic E-state index is 0.0654. The van der Waals surface area contributed by atoms with Crippen molar-refractivity contribution in [1.29, 1.82) is 0 Å². The molecule has 0 heterocycles. The Morgan fingerprint density at radius 3 is 1.68 bits per heavy atom. The predicted molar refractivity (Wildman–Crippen MR) is 414 cm³/mol. The van der Waals surface area contributed by atoms with Crippen molar-refractivity contribution >= 4 is 34.4 Å². The number of rotatable bonds is 32. The van der Waals surface area contributed by atoms with Crippen molar-refractivity contribution in [3.05, 3.63) is 211 Å². The normalized spacial score (nSPS) is 14.5. The van der Waals surface area contributed by atoms with E-state index in [0.29, 0.717) is 0 Å². The summed E-state index contributed by atoms with van der Waals surface area (Å²) in [6, 6.07) is 35.4. The van der Waals surface area contributed by atoms with Gasteiger partial charge in [-0.3, -0.25) is 0 Å². The van der Waals surface area contributed by atoms with E-state index >= 15 is 0 Å². The molecule has 498 valence electrons. The number of benzene rings is 5. The molecule has 0 saturated carbocycles. The summed E-state index contributed by atoms with van der Waals surface area (Å²) >= 11 is 0. The molecule has 3 aliphatic carbocycles. The molecular formula is C92H130. The number of allylic oxidation sites excluding steroid dienone is 10. The van der Waals surface area contributed by atoms with E-state index in [1.165, 1.54) is 253 Å². The molecule has 0 saturated heterocycles. The van der Waals surface area contributed by atoms with Crippen LogP contribution in [0, 0.1) is 19.3 Å².